The molecule has 0 aliphatic heterocycles. The van der Waals surface area contributed by atoms with E-state index in [1.165, 1.54) is 148 Å². The van der Waals surface area contributed by atoms with Crippen LogP contribution >= 0.6 is 7.82 Å². The molecule has 0 aromatic rings. The number of hydrogen-bond acceptors (Lipinski definition) is 7. The van der Waals surface area contributed by atoms with E-state index in [0.29, 0.717) is 23.9 Å². The number of allylic oxidation sites excluding steroid dienone is 10. The van der Waals surface area contributed by atoms with E-state index >= 15 is 0 Å². The van der Waals surface area contributed by atoms with Crippen LogP contribution in [0.3, 0.4) is 0 Å². The normalized spacial score (nSPS) is 13.7. The number of phosphoric ester groups is 1. The van der Waals surface area contributed by atoms with Crippen molar-refractivity contribution in [1.29, 1.82) is 0 Å². The summed E-state index contributed by atoms with van der Waals surface area (Å²) in [5.41, 5.74) is 0. The fourth-order valence-corrected chi connectivity index (χ4v) is 8.84. The van der Waals surface area contributed by atoms with Gasteiger partial charge in [-0.15, -0.1) is 0 Å². The smallest absolute Gasteiger partial charge is 0.462 e. The van der Waals surface area contributed by atoms with Crippen molar-refractivity contribution in [3.63, 3.8) is 0 Å². The van der Waals surface area contributed by atoms with E-state index in [4.69, 9.17) is 18.5 Å². The first-order valence-electron chi connectivity index (χ1n) is 29.0. The van der Waals surface area contributed by atoms with E-state index in [1.807, 2.05) is 21.1 Å². The van der Waals surface area contributed by atoms with Crippen molar-refractivity contribution in [1.82, 2.24) is 0 Å². The highest BCUT2D eigenvalue weighted by molar-refractivity contribution is 7.47. The molecule has 0 saturated heterocycles. The Morgan fingerprint density at radius 1 is 0.457 bits per heavy atom. The van der Waals surface area contributed by atoms with Gasteiger partial charge in [-0.25, -0.2) is 4.57 Å². The third kappa shape index (κ3) is 55.0. The summed E-state index contributed by atoms with van der Waals surface area (Å²) in [6, 6.07) is 0. The number of ether oxygens (including phenoxy) is 2. The molecule has 0 saturated carbocycles. The van der Waals surface area contributed by atoms with Crippen LogP contribution in [0.2, 0.25) is 0 Å². The number of phosphoric acid groups is 1. The molecule has 1 N–H and O–H groups in total. The number of carbonyl (C=O) groups is 2. The number of hydrogen-bond donors (Lipinski definition) is 1. The Hall–Kier alpha value is -2.29. The van der Waals surface area contributed by atoms with Crippen molar-refractivity contribution < 1.29 is 42.1 Å². The second-order valence-corrected chi connectivity index (χ2v) is 22.1. The zero-order valence-corrected chi connectivity index (χ0v) is 47.1. The molecule has 0 aliphatic rings. The summed E-state index contributed by atoms with van der Waals surface area (Å²) in [7, 11) is 1.48. The lowest BCUT2D eigenvalue weighted by atomic mass is 10.0. The van der Waals surface area contributed by atoms with Crippen molar-refractivity contribution >= 4 is 19.8 Å². The number of unbranched alkanes of at least 4 members (excludes halogenated alkanes) is 29. The van der Waals surface area contributed by atoms with Gasteiger partial charge < -0.3 is 18.9 Å². The molecular weight excluding hydrogens is 894 g/mol. The van der Waals surface area contributed by atoms with E-state index in [2.05, 4.69) is 74.6 Å². The maximum atomic E-state index is 12.8. The highest BCUT2D eigenvalue weighted by atomic mass is 31.2. The minimum absolute atomic E-state index is 0.0298. The summed E-state index contributed by atoms with van der Waals surface area (Å²) in [4.78, 5) is 35.7. The van der Waals surface area contributed by atoms with Gasteiger partial charge in [0, 0.05) is 12.8 Å². The second kappa shape index (κ2) is 51.6. The Morgan fingerprint density at radius 3 is 1.21 bits per heavy atom. The minimum Gasteiger partial charge on any atom is -0.462 e. The Kier molecular flexibility index (Phi) is 49.9. The number of carbonyl (C=O) groups excluding carboxylic acids is 2. The maximum absolute atomic E-state index is 12.8. The van der Waals surface area contributed by atoms with Crippen LogP contribution in [-0.4, -0.2) is 74.9 Å². The van der Waals surface area contributed by atoms with Crippen LogP contribution in [0.1, 0.15) is 258 Å². The van der Waals surface area contributed by atoms with Gasteiger partial charge in [0.2, 0.25) is 0 Å². The number of esters is 2. The van der Waals surface area contributed by atoms with Gasteiger partial charge >= 0.3 is 19.8 Å². The summed E-state index contributed by atoms with van der Waals surface area (Å²) >= 11 is 0. The Morgan fingerprint density at radius 2 is 0.814 bits per heavy atom. The number of rotatable bonds is 53. The lowest BCUT2D eigenvalue weighted by molar-refractivity contribution is -0.870. The molecule has 0 rings (SSSR count). The Bertz CT molecular complexity index is 1370. The van der Waals surface area contributed by atoms with Gasteiger partial charge in [-0.2, -0.15) is 0 Å². The molecule has 0 bridgehead atoms. The van der Waals surface area contributed by atoms with Crippen molar-refractivity contribution in [3.8, 4) is 0 Å². The third-order valence-electron chi connectivity index (χ3n) is 12.6. The minimum atomic E-state index is -4.39. The molecule has 0 spiro atoms. The van der Waals surface area contributed by atoms with E-state index in [-0.39, 0.29) is 25.6 Å². The summed E-state index contributed by atoms with van der Waals surface area (Å²) in [5, 5.41) is 0. The van der Waals surface area contributed by atoms with Gasteiger partial charge in [0.05, 0.1) is 27.7 Å². The van der Waals surface area contributed by atoms with Gasteiger partial charge in [0.25, 0.3) is 0 Å². The first-order chi connectivity index (χ1) is 34.0. The molecule has 2 unspecified atom stereocenters. The van der Waals surface area contributed by atoms with E-state index in [1.54, 1.807) is 0 Å². The highest BCUT2D eigenvalue weighted by Gasteiger charge is 2.27. The predicted molar refractivity (Wildman–Crippen MR) is 298 cm³/mol. The first-order valence-corrected chi connectivity index (χ1v) is 30.5. The van der Waals surface area contributed by atoms with Crippen LogP contribution in [0.15, 0.2) is 60.8 Å². The SMILES string of the molecule is CC/C=C\C/C=C\C/C=C\C/C=C\C/C=C\CCCCCCCCCCCC(=O)OC(COC(=O)CCCCCCCCCCCCCCCCCCCCCCC)COP(=O)(O)OCC[N+](C)(C)C. The van der Waals surface area contributed by atoms with Crippen molar-refractivity contribution in [2.24, 2.45) is 0 Å². The topological polar surface area (TPSA) is 108 Å². The molecule has 0 fully saturated rings. The standard InChI is InChI=1S/C60H110NO8P/c1-6-8-10-12-14-16-18-20-22-24-26-28-29-30-31-33-35-37-39-41-43-45-47-49-51-53-60(63)69-58(57-68-70(64,65)67-55-54-61(3,4)5)56-66-59(62)52-50-48-46-44-42-40-38-36-34-32-27-25-23-21-19-17-15-13-11-9-7-2/h8,10,14,16,20,22,26,28,30-31,58H,6-7,9,11-13,15,17-19,21,23-25,27,29,32-57H2,1-5H3/p+1/b10-8-,16-14-,22-20-,28-26-,31-30-. The molecular formula is C60H111NO8P+. The summed E-state index contributed by atoms with van der Waals surface area (Å²) < 4.78 is 34.6. The summed E-state index contributed by atoms with van der Waals surface area (Å²) in [6.45, 7) is 4.35. The average molecular weight is 1010 g/mol. The van der Waals surface area contributed by atoms with E-state index in [0.717, 1.165) is 77.0 Å². The van der Waals surface area contributed by atoms with E-state index in [9.17, 15) is 19.0 Å². The zero-order chi connectivity index (χ0) is 51.3. The van der Waals surface area contributed by atoms with Crippen molar-refractivity contribution in [2.75, 3.05) is 47.5 Å². The zero-order valence-electron chi connectivity index (χ0n) is 46.2. The largest absolute Gasteiger partial charge is 0.472 e. The molecule has 10 heteroatoms. The molecule has 2 atom stereocenters. The number of quaternary nitrogens is 1. The molecule has 408 valence electrons. The van der Waals surface area contributed by atoms with E-state index < -0.39 is 26.5 Å². The quantitative estimate of drug-likeness (QED) is 0.0211. The Balaban J connectivity index is 4.18. The summed E-state index contributed by atoms with van der Waals surface area (Å²) in [5.74, 6) is -0.796. The van der Waals surface area contributed by atoms with Crippen LogP contribution in [0.4, 0.5) is 0 Å². The molecule has 0 heterocycles. The van der Waals surface area contributed by atoms with Gasteiger partial charge in [-0.3, -0.25) is 18.6 Å². The highest BCUT2D eigenvalue weighted by Crippen LogP contribution is 2.43. The van der Waals surface area contributed by atoms with Crippen LogP contribution in [0.5, 0.6) is 0 Å². The monoisotopic (exact) mass is 1000 g/mol. The van der Waals surface area contributed by atoms with Crippen LogP contribution in [0.25, 0.3) is 0 Å². The molecule has 9 nitrogen and oxygen atoms in total. The molecule has 70 heavy (non-hydrogen) atoms. The lowest BCUT2D eigenvalue weighted by Crippen LogP contribution is -2.37. The summed E-state index contributed by atoms with van der Waals surface area (Å²) in [6.07, 6.45) is 65.7. The fraction of sp³-hybridized carbons (Fsp3) is 0.800. The molecule has 0 amide bonds. The second-order valence-electron chi connectivity index (χ2n) is 20.7. The third-order valence-corrected chi connectivity index (χ3v) is 13.5. The lowest BCUT2D eigenvalue weighted by Gasteiger charge is -2.24. The van der Waals surface area contributed by atoms with Crippen LogP contribution in [-0.2, 0) is 32.7 Å². The molecule has 0 radical (unpaired) electrons. The maximum Gasteiger partial charge on any atom is 0.472 e. The predicted octanol–water partition coefficient (Wildman–Crippen LogP) is 17.9. The van der Waals surface area contributed by atoms with Gasteiger partial charge in [0.15, 0.2) is 6.10 Å². The van der Waals surface area contributed by atoms with Crippen LogP contribution < -0.4 is 0 Å². The van der Waals surface area contributed by atoms with Crippen LogP contribution in [0, 0.1) is 0 Å². The number of nitrogens with zero attached hydrogens (tertiary/aromatic N) is 1. The first kappa shape index (κ1) is 67.7. The van der Waals surface area contributed by atoms with Gasteiger partial charge in [-0.05, 0) is 57.8 Å². The number of likely N-dealkylation sites (N-methyl/N-ethyl adjacent to an activating group) is 1. The van der Waals surface area contributed by atoms with Crippen molar-refractivity contribution in [3.05, 3.63) is 60.8 Å². The average Bonchev–Trinajstić information content (AvgIpc) is 3.32. The molecule has 0 aromatic heterocycles. The molecule has 0 aliphatic carbocycles. The Labute approximate surface area is 432 Å². The fourth-order valence-electron chi connectivity index (χ4n) is 8.10. The van der Waals surface area contributed by atoms with Crippen molar-refractivity contribution in [2.45, 2.75) is 264 Å². The van der Waals surface area contributed by atoms with Gasteiger partial charge in [-0.1, -0.05) is 248 Å². The van der Waals surface area contributed by atoms with Gasteiger partial charge in [0.1, 0.15) is 19.8 Å². The molecule has 0 aromatic carbocycles.